The highest BCUT2D eigenvalue weighted by atomic mass is 19.4. The first-order valence-corrected chi connectivity index (χ1v) is 8.24. The van der Waals surface area contributed by atoms with E-state index in [9.17, 15) is 18.0 Å². The molecule has 0 aliphatic heterocycles. The fourth-order valence-corrected chi connectivity index (χ4v) is 2.22. The van der Waals surface area contributed by atoms with Crippen molar-refractivity contribution >= 4 is 17.5 Å². The van der Waals surface area contributed by atoms with E-state index < -0.39 is 29.1 Å². The Bertz CT molecular complexity index is 872. The first-order chi connectivity index (χ1) is 13.0. The number of para-hydroxylation sites is 1. The van der Waals surface area contributed by atoms with Gasteiger partial charge in [0.25, 0.3) is 0 Å². The van der Waals surface area contributed by atoms with Crippen LogP contribution in [-0.4, -0.2) is 22.5 Å². The summed E-state index contributed by atoms with van der Waals surface area (Å²) in [5.74, 6) is -0.883. The molecule has 7 nitrogen and oxygen atoms in total. The molecule has 0 saturated carbocycles. The second-order valence-electron chi connectivity index (χ2n) is 7.12. The third-order valence-electron chi connectivity index (χ3n) is 3.28. The maximum Gasteiger partial charge on any atom is 0.433 e. The molecule has 148 valence electrons. The molecule has 1 aromatic carbocycles. The molecular weight excluding hydrogens is 373 g/mol. The van der Waals surface area contributed by atoms with E-state index in [2.05, 4.69) is 20.7 Å². The molecule has 0 unspecified atom stereocenters. The molecule has 0 aliphatic carbocycles. The smallest absolute Gasteiger partial charge is 0.307 e. The molecule has 0 fully saturated rings. The fourth-order valence-electron chi connectivity index (χ4n) is 2.22. The lowest BCUT2D eigenvalue weighted by Crippen LogP contribution is -2.48. The lowest BCUT2D eigenvalue weighted by atomic mass is 9.97. The molecule has 0 bridgehead atoms. The zero-order chi connectivity index (χ0) is 20.9. The van der Waals surface area contributed by atoms with Crippen molar-refractivity contribution in [2.75, 3.05) is 16.9 Å². The van der Waals surface area contributed by atoms with Crippen LogP contribution in [0.3, 0.4) is 0 Å². The molecule has 1 heterocycles. The number of nitriles is 1. The van der Waals surface area contributed by atoms with Crippen LogP contribution >= 0.6 is 0 Å². The SMILES string of the molecule is CC(C)(C)CN(NC(=O)Nc1ccccc1)c1cc(C(F)(F)F)nc(C#N)n1. The van der Waals surface area contributed by atoms with Crippen LogP contribution in [0.5, 0.6) is 0 Å². The number of nitrogens with one attached hydrogen (secondary N) is 2. The topological polar surface area (TPSA) is 93.9 Å². The Labute approximate surface area is 160 Å². The normalized spacial score (nSPS) is 11.5. The number of aromatic nitrogens is 2. The van der Waals surface area contributed by atoms with Crippen LogP contribution in [-0.2, 0) is 6.18 Å². The monoisotopic (exact) mass is 392 g/mol. The fraction of sp³-hybridized carbons (Fsp3) is 0.333. The minimum atomic E-state index is -4.76. The Balaban J connectivity index is 2.35. The summed E-state index contributed by atoms with van der Waals surface area (Å²) in [6, 6.07) is 10.1. The molecule has 0 aliphatic rings. The third-order valence-corrected chi connectivity index (χ3v) is 3.28. The van der Waals surface area contributed by atoms with Crippen LogP contribution in [0.15, 0.2) is 36.4 Å². The summed E-state index contributed by atoms with van der Waals surface area (Å²) >= 11 is 0. The Kier molecular flexibility index (Phi) is 6.08. The van der Waals surface area contributed by atoms with Gasteiger partial charge >= 0.3 is 12.2 Å². The largest absolute Gasteiger partial charge is 0.433 e. The molecule has 2 rings (SSSR count). The Morgan fingerprint density at radius 2 is 1.82 bits per heavy atom. The number of nitrogens with zero attached hydrogens (tertiary/aromatic N) is 4. The summed E-state index contributed by atoms with van der Waals surface area (Å²) in [6.45, 7) is 5.66. The lowest BCUT2D eigenvalue weighted by Gasteiger charge is -2.31. The average molecular weight is 392 g/mol. The zero-order valence-corrected chi connectivity index (χ0v) is 15.5. The van der Waals surface area contributed by atoms with Crippen LogP contribution in [0.25, 0.3) is 0 Å². The number of urea groups is 1. The van der Waals surface area contributed by atoms with Gasteiger partial charge in [0.15, 0.2) is 11.5 Å². The van der Waals surface area contributed by atoms with Crippen LogP contribution in [0, 0.1) is 16.7 Å². The second kappa shape index (κ2) is 8.12. The van der Waals surface area contributed by atoms with Crippen molar-refractivity contribution in [3.8, 4) is 6.07 Å². The molecule has 1 aromatic heterocycles. The number of halogens is 3. The predicted molar refractivity (Wildman–Crippen MR) is 97.1 cm³/mol. The van der Waals surface area contributed by atoms with Gasteiger partial charge in [-0.2, -0.15) is 23.4 Å². The van der Waals surface area contributed by atoms with Crippen LogP contribution in [0.2, 0.25) is 0 Å². The first-order valence-electron chi connectivity index (χ1n) is 8.24. The van der Waals surface area contributed by atoms with E-state index in [0.717, 1.165) is 5.01 Å². The van der Waals surface area contributed by atoms with E-state index in [1.165, 1.54) is 6.07 Å². The number of hydrogen-bond donors (Lipinski definition) is 2. The van der Waals surface area contributed by atoms with Crippen LogP contribution in [0.1, 0.15) is 32.3 Å². The van der Waals surface area contributed by atoms with Gasteiger partial charge in [-0.1, -0.05) is 39.0 Å². The molecule has 0 spiro atoms. The number of carbonyl (C=O) groups excluding carboxylic acids is 1. The number of hydrogen-bond acceptors (Lipinski definition) is 5. The number of benzene rings is 1. The van der Waals surface area contributed by atoms with Crippen molar-refractivity contribution in [2.24, 2.45) is 5.41 Å². The average Bonchev–Trinajstić information content (AvgIpc) is 2.59. The quantitative estimate of drug-likeness (QED) is 0.769. The van der Waals surface area contributed by atoms with E-state index in [1.54, 1.807) is 30.3 Å². The van der Waals surface area contributed by atoms with E-state index in [1.807, 2.05) is 20.8 Å². The van der Waals surface area contributed by atoms with Crippen LogP contribution < -0.4 is 15.8 Å². The maximum atomic E-state index is 13.1. The molecule has 2 aromatic rings. The first kappa shape index (κ1) is 21.0. The minimum Gasteiger partial charge on any atom is -0.307 e. The number of carbonyl (C=O) groups is 1. The number of rotatable bonds is 4. The highest BCUT2D eigenvalue weighted by molar-refractivity contribution is 5.90. The Hall–Kier alpha value is -3.35. The Morgan fingerprint density at radius 3 is 2.36 bits per heavy atom. The summed E-state index contributed by atoms with van der Waals surface area (Å²) in [5.41, 5.74) is 1.32. The summed E-state index contributed by atoms with van der Waals surface area (Å²) in [7, 11) is 0. The van der Waals surface area contributed by atoms with Gasteiger partial charge in [0.05, 0.1) is 0 Å². The molecule has 28 heavy (non-hydrogen) atoms. The number of amides is 2. The number of hydrazine groups is 1. The van der Waals surface area contributed by atoms with E-state index in [-0.39, 0.29) is 12.4 Å². The van der Waals surface area contributed by atoms with Crippen molar-refractivity contribution < 1.29 is 18.0 Å². The van der Waals surface area contributed by atoms with Gasteiger partial charge in [0, 0.05) is 18.3 Å². The van der Waals surface area contributed by atoms with E-state index in [0.29, 0.717) is 11.8 Å². The molecule has 10 heteroatoms. The van der Waals surface area contributed by atoms with Gasteiger partial charge in [0.1, 0.15) is 6.07 Å². The van der Waals surface area contributed by atoms with Crippen molar-refractivity contribution in [2.45, 2.75) is 26.9 Å². The summed E-state index contributed by atoms with van der Waals surface area (Å²) in [5, 5.41) is 12.7. The molecule has 2 N–H and O–H groups in total. The molecule has 2 amide bonds. The summed E-state index contributed by atoms with van der Waals surface area (Å²) < 4.78 is 39.4. The van der Waals surface area contributed by atoms with E-state index in [4.69, 9.17) is 5.26 Å². The zero-order valence-electron chi connectivity index (χ0n) is 15.5. The van der Waals surface area contributed by atoms with E-state index >= 15 is 0 Å². The predicted octanol–water partition coefficient (Wildman–Crippen LogP) is 3.96. The second-order valence-corrected chi connectivity index (χ2v) is 7.12. The lowest BCUT2D eigenvalue weighted by molar-refractivity contribution is -0.141. The van der Waals surface area contributed by atoms with Gasteiger partial charge in [0.2, 0.25) is 5.82 Å². The van der Waals surface area contributed by atoms with Gasteiger partial charge in [-0.25, -0.2) is 15.2 Å². The maximum absolute atomic E-state index is 13.1. The van der Waals surface area contributed by atoms with Crippen LogP contribution in [0.4, 0.5) is 29.5 Å². The molecule has 0 atom stereocenters. The van der Waals surface area contributed by atoms with Crippen molar-refractivity contribution in [3.05, 3.63) is 47.9 Å². The standard InChI is InChI=1S/C18H19F3N6O/c1-17(2,3)11-27(26-16(28)23-12-7-5-4-6-8-12)15-9-13(18(19,20)21)24-14(10-22)25-15/h4-9H,11H2,1-3H3,(H2,23,26,28). The number of alkyl halides is 3. The van der Waals surface area contributed by atoms with Crippen molar-refractivity contribution in [3.63, 3.8) is 0 Å². The summed E-state index contributed by atoms with van der Waals surface area (Å²) in [6.07, 6.45) is -4.76. The highest BCUT2D eigenvalue weighted by Crippen LogP contribution is 2.30. The highest BCUT2D eigenvalue weighted by Gasteiger charge is 2.34. The summed E-state index contributed by atoms with van der Waals surface area (Å²) in [4.78, 5) is 19.3. The van der Waals surface area contributed by atoms with Gasteiger partial charge < -0.3 is 5.32 Å². The molecule has 0 saturated heterocycles. The van der Waals surface area contributed by atoms with Gasteiger partial charge in [-0.05, 0) is 17.5 Å². The minimum absolute atomic E-state index is 0.133. The van der Waals surface area contributed by atoms with Crippen molar-refractivity contribution in [1.82, 2.24) is 15.4 Å². The number of anilines is 2. The van der Waals surface area contributed by atoms with Crippen molar-refractivity contribution in [1.29, 1.82) is 5.26 Å². The Morgan fingerprint density at radius 1 is 1.18 bits per heavy atom. The van der Waals surface area contributed by atoms with Gasteiger partial charge in [-0.3, -0.25) is 5.01 Å². The molecule has 0 radical (unpaired) electrons. The van der Waals surface area contributed by atoms with Gasteiger partial charge in [-0.15, -0.1) is 0 Å². The molecular formula is C18H19F3N6O. The third kappa shape index (κ3) is 6.12.